The molecule has 1 spiro atoms. The first kappa shape index (κ1) is 23.8. The van der Waals surface area contributed by atoms with Crippen LogP contribution >= 0.6 is 11.3 Å². The van der Waals surface area contributed by atoms with E-state index in [2.05, 4.69) is 16.9 Å². The van der Waals surface area contributed by atoms with Crippen molar-refractivity contribution in [3.05, 3.63) is 39.3 Å². The van der Waals surface area contributed by atoms with Crippen LogP contribution in [0.5, 0.6) is 0 Å². The van der Waals surface area contributed by atoms with Gasteiger partial charge in [0.2, 0.25) is 6.43 Å². The molecule has 2 aliphatic rings. The predicted octanol–water partition coefficient (Wildman–Crippen LogP) is 3.20. The number of halogens is 2. The summed E-state index contributed by atoms with van der Waals surface area (Å²) in [6.07, 6.45) is 3.82. The SMILES string of the molecule is C[C@H]1C[C@@]2(CCN1Cc1cnn(CC(C)(CO)CO)c1)OCCc1cc(CC(F)F)sc12. The summed E-state index contributed by atoms with van der Waals surface area (Å²) in [6, 6.07) is 2.24. The number of aliphatic hydroxyl groups excluding tert-OH is 2. The number of aromatic nitrogens is 2. The first-order chi connectivity index (χ1) is 15.3. The van der Waals surface area contributed by atoms with Crippen molar-refractivity contribution in [3.63, 3.8) is 0 Å². The minimum Gasteiger partial charge on any atom is -0.396 e. The van der Waals surface area contributed by atoms with E-state index in [1.54, 1.807) is 4.68 Å². The van der Waals surface area contributed by atoms with Gasteiger partial charge in [-0.25, -0.2) is 8.78 Å². The van der Waals surface area contributed by atoms with Gasteiger partial charge in [-0.15, -0.1) is 11.3 Å². The summed E-state index contributed by atoms with van der Waals surface area (Å²) in [5, 5.41) is 23.5. The van der Waals surface area contributed by atoms with Gasteiger partial charge in [0.15, 0.2) is 0 Å². The number of aliphatic hydroxyl groups is 2. The molecule has 0 aromatic carbocycles. The lowest BCUT2D eigenvalue weighted by molar-refractivity contribution is -0.110. The van der Waals surface area contributed by atoms with Crippen molar-refractivity contribution in [1.82, 2.24) is 14.7 Å². The highest BCUT2D eigenvalue weighted by Gasteiger charge is 2.45. The van der Waals surface area contributed by atoms with E-state index < -0.39 is 11.8 Å². The lowest BCUT2D eigenvalue weighted by atomic mass is 9.82. The quantitative estimate of drug-likeness (QED) is 0.621. The van der Waals surface area contributed by atoms with Crippen molar-refractivity contribution in [1.29, 1.82) is 0 Å². The van der Waals surface area contributed by atoms with Gasteiger partial charge >= 0.3 is 0 Å². The zero-order valence-electron chi connectivity index (χ0n) is 18.8. The fourth-order valence-electron chi connectivity index (χ4n) is 4.91. The average molecular weight is 470 g/mol. The Labute approximate surface area is 191 Å². The van der Waals surface area contributed by atoms with Crippen LogP contribution < -0.4 is 0 Å². The van der Waals surface area contributed by atoms with Crippen LogP contribution in [0.4, 0.5) is 8.78 Å². The molecule has 0 aliphatic carbocycles. The number of rotatable bonds is 8. The van der Waals surface area contributed by atoms with Crippen molar-refractivity contribution >= 4 is 11.3 Å². The standard InChI is InChI=1S/C23H33F2N3O3S/c1-16-9-23(21-18(3-6-31-23)7-19(32-21)8-20(24)25)4-5-27(16)11-17-10-26-28(12-17)13-22(2,14-29)15-30/h7,10,12,16,20,29-30H,3-6,8-9,11,13-15H2,1-2H3/t16-,23+/m0/s1. The number of likely N-dealkylation sites (tertiary alicyclic amines) is 1. The molecular formula is C23H33F2N3O3S. The van der Waals surface area contributed by atoms with Gasteiger partial charge in [0, 0.05) is 52.5 Å². The molecule has 2 aromatic heterocycles. The molecule has 2 N–H and O–H groups in total. The molecule has 0 amide bonds. The Hall–Kier alpha value is -1.39. The smallest absolute Gasteiger partial charge is 0.243 e. The second kappa shape index (κ2) is 9.46. The van der Waals surface area contributed by atoms with Crippen molar-refractivity contribution in [3.8, 4) is 0 Å². The van der Waals surface area contributed by atoms with Crippen LogP contribution in [-0.4, -0.2) is 63.7 Å². The maximum Gasteiger partial charge on any atom is 0.243 e. The summed E-state index contributed by atoms with van der Waals surface area (Å²) in [4.78, 5) is 4.33. The van der Waals surface area contributed by atoms with Crippen molar-refractivity contribution in [2.45, 2.75) is 70.7 Å². The Morgan fingerprint density at radius 3 is 2.84 bits per heavy atom. The van der Waals surface area contributed by atoms with Gasteiger partial charge in [0.25, 0.3) is 0 Å². The second-order valence-electron chi connectivity index (χ2n) is 9.70. The van der Waals surface area contributed by atoms with Gasteiger partial charge in [-0.1, -0.05) is 6.92 Å². The van der Waals surface area contributed by atoms with Crippen LogP contribution in [0, 0.1) is 5.41 Å². The highest BCUT2D eigenvalue weighted by atomic mass is 32.1. The normalized spacial score (nSPS) is 24.4. The van der Waals surface area contributed by atoms with E-state index in [1.165, 1.54) is 16.9 Å². The number of hydrogen-bond acceptors (Lipinski definition) is 6. The van der Waals surface area contributed by atoms with Crippen LogP contribution in [0.2, 0.25) is 0 Å². The summed E-state index contributed by atoms with van der Waals surface area (Å²) in [7, 11) is 0. The van der Waals surface area contributed by atoms with Crippen LogP contribution in [0.3, 0.4) is 0 Å². The van der Waals surface area contributed by atoms with E-state index in [9.17, 15) is 19.0 Å². The number of ether oxygens (including phenoxy) is 1. The van der Waals surface area contributed by atoms with Gasteiger partial charge in [-0.05, 0) is 37.8 Å². The summed E-state index contributed by atoms with van der Waals surface area (Å²) >= 11 is 1.51. The third-order valence-corrected chi connectivity index (χ3v) is 8.19. The zero-order valence-corrected chi connectivity index (χ0v) is 19.6. The van der Waals surface area contributed by atoms with Crippen LogP contribution in [0.1, 0.15) is 47.6 Å². The van der Waals surface area contributed by atoms with Crippen LogP contribution in [0.15, 0.2) is 18.5 Å². The van der Waals surface area contributed by atoms with E-state index in [0.717, 1.165) is 47.7 Å². The number of thiophene rings is 1. The van der Waals surface area contributed by atoms with Crippen LogP contribution in [0.25, 0.3) is 0 Å². The number of fused-ring (bicyclic) bond motifs is 2. The Bertz CT molecular complexity index is 914. The Morgan fingerprint density at radius 1 is 1.38 bits per heavy atom. The zero-order chi connectivity index (χ0) is 22.9. The van der Waals surface area contributed by atoms with Gasteiger partial charge in [0.05, 0.1) is 32.6 Å². The molecule has 0 radical (unpaired) electrons. The van der Waals surface area contributed by atoms with Gasteiger partial charge in [0.1, 0.15) is 5.60 Å². The number of piperidine rings is 1. The monoisotopic (exact) mass is 469 g/mol. The molecule has 32 heavy (non-hydrogen) atoms. The maximum atomic E-state index is 12.9. The summed E-state index contributed by atoms with van der Waals surface area (Å²) in [5.41, 5.74) is 1.32. The fraction of sp³-hybridized carbons (Fsp3) is 0.696. The van der Waals surface area contributed by atoms with Crippen molar-refractivity contribution < 1.29 is 23.7 Å². The minimum atomic E-state index is -2.32. The van der Waals surface area contributed by atoms with Gasteiger partial charge < -0.3 is 14.9 Å². The van der Waals surface area contributed by atoms with E-state index in [-0.39, 0.29) is 31.3 Å². The summed E-state index contributed by atoms with van der Waals surface area (Å²) < 4.78 is 33.9. The Balaban J connectivity index is 1.42. The molecule has 0 unspecified atom stereocenters. The largest absolute Gasteiger partial charge is 0.396 e. The highest BCUT2D eigenvalue weighted by molar-refractivity contribution is 7.12. The summed E-state index contributed by atoms with van der Waals surface area (Å²) in [5.74, 6) is 0. The Morgan fingerprint density at radius 2 is 2.16 bits per heavy atom. The van der Waals surface area contributed by atoms with Crippen molar-refractivity contribution in [2.24, 2.45) is 5.41 Å². The number of alkyl halides is 2. The van der Waals surface area contributed by atoms with Crippen molar-refractivity contribution in [2.75, 3.05) is 26.4 Å². The molecule has 9 heteroatoms. The molecule has 1 saturated heterocycles. The molecular weight excluding hydrogens is 436 g/mol. The maximum absolute atomic E-state index is 12.9. The number of nitrogens with zero attached hydrogens (tertiary/aromatic N) is 3. The third kappa shape index (κ3) is 4.92. The van der Waals surface area contributed by atoms with E-state index in [1.807, 2.05) is 25.4 Å². The minimum absolute atomic E-state index is 0.104. The lowest BCUT2D eigenvalue weighted by Gasteiger charge is -2.47. The second-order valence-corrected chi connectivity index (χ2v) is 10.8. The molecule has 4 heterocycles. The summed E-state index contributed by atoms with van der Waals surface area (Å²) in [6.45, 7) is 6.54. The molecule has 0 bridgehead atoms. The molecule has 2 aromatic rings. The molecule has 6 nitrogen and oxygen atoms in total. The van der Waals surface area contributed by atoms with E-state index in [4.69, 9.17) is 4.74 Å². The predicted molar refractivity (Wildman–Crippen MR) is 119 cm³/mol. The molecule has 178 valence electrons. The van der Waals surface area contributed by atoms with Crippen LogP contribution in [-0.2, 0) is 36.3 Å². The highest BCUT2D eigenvalue weighted by Crippen LogP contribution is 2.47. The molecule has 2 aliphatic heterocycles. The number of hydrogen-bond donors (Lipinski definition) is 2. The lowest BCUT2D eigenvalue weighted by Crippen LogP contribution is -2.49. The molecule has 0 saturated carbocycles. The third-order valence-electron chi connectivity index (χ3n) is 6.81. The molecule has 4 rings (SSSR count). The van der Waals surface area contributed by atoms with Gasteiger partial charge in [-0.3, -0.25) is 9.58 Å². The van der Waals surface area contributed by atoms with Gasteiger partial charge in [-0.2, -0.15) is 5.10 Å². The first-order valence-corrected chi connectivity index (χ1v) is 12.1. The molecule has 2 atom stereocenters. The molecule has 1 fully saturated rings. The Kier molecular flexibility index (Phi) is 7.03. The van der Waals surface area contributed by atoms with E-state index in [0.29, 0.717) is 13.2 Å². The fourth-order valence-corrected chi connectivity index (χ4v) is 6.30. The van der Waals surface area contributed by atoms with E-state index >= 15 is 0 Å². The first-order valence-electron chi connectivity index (χ1n) is 11.3. The topological polar surface area (TPSA) is 70.8 Å². The average Bonchev–Trinajstić information content (AvgIpc) is 3.37.